The van der Waals surface area contributed by atoms with Crippen molar-refractivity contribution < 1.29 is 39.3 Å². The molecule has 0 aromatic heterocycles. The summed E-state index contributed by atoms with van der Waals surface area (Å²) in [6.07, 6.45) is -0.758. The molecule has 0 saturated carbocycles. The Balaban J connectivity index is 4.55. The van der Waals surface area contributed by atoms with Gasteiger partial charge in [0.15, 0.2) is 0 Å². The van der Waals surface area contributed by atoms with Crippen LogP contribution in [0.1, 0.15) is 46.0 Å². The molecule has 0 aliphatic heterocycles. The van der Waals surface area contributed by atoms with Gasteiger partial charge in [-0.2, -0.15) is 0 Å². The summed E-state index contributed by atoms with van der Waals surface area (Å²) < 4.78 is 0. The lowest BCUT2D eigenvalue weighted by molar-refractivity contribution is -0.143. The van der Waals surface area contributed by atoms with E-state index in [-0.39, 0.29) is 38.0 Å². The second kappa shape index (κ2) is 11.8. The van der Waals surface area contributed by atoms with E-state index >= 15 is 0 Å². The summed E-state index contributed by atoms with van der Waals surface area (Å²) in [7, 11) is 0. The first-order chi connectivity index (χ1) is 12.4. The maximum Gasteiger partial charge on any atom is 0.326 e. The molecule has 0 unspecified atom stereocenters. The maximum absolute atomic E-state index is 11.9. The molecule has 11 heteroatoms. The van der Waals surface area contributed by atoms with Crippen molar-refractivity contribution in [1.82, 2.24) is 10.6 Å². The first-order valence-electron chi connectivity index (χ1n) is 8.46. The topological polar surface area (TPSA) is 196 Å². The number of carbonyl (C=O) groups is 5. The molecule has 3 atom stereocenters. The van der Waals surface area contributed by atoms with Crippen molar-refractivity contribution in [2.24, 2.45) is 11.7 Å². The highest BCUT2D eigenvalue weighted by molar-refractivity contribution is 5.86. The summed E-state index contributed by atoms with van der Waals surface area (Å²) in [4.78, 5) is 56.5. The summed E-state index contributed by atoms with van der Waals surface area (Å²) in [5, 5.41) is 31.4. The lowest BCUT2D eigenvalue weighted by Gasteiger charge is -2.18. The SMILES string of the molecule is CC(C)C[C@H](NC(=O)CC[C@H](NC(=O)CC[C@H](N)C(=O)O)C(=O)O)C(=O)O. The Morgan fingerprint density at radius 3 is 1.63 bits per heavy atom. The third-order valence-electron chi connectivity index (χ3n) is 3.63. The van der Waals surface area contributed by atoms with E-state index in [1.807, 2.05) is 0 Å². The van der Waals surface area contributed by atoms with Crippen LogP contribution in [0.2, 0.25) is 0 Å². The normalized spacial score (nSPS) is 14.1. The van der Waals surface area contributed by atoms with Gasteiger partial charge >= 0.3 is 17.9 Å². The van der Waals surface area contributed by atoms with E-state index < -0.39 is 47.8 Å². The molecule has 2 amide bonds. The van der Waals surface area contributed by atoms with Crippen molar-refractivity contribution in [1.29, 1.82) is 0 Å². The van der Waals surface area contributed by atoms with Gasteiger partial charge in [0.05, 0.1) is 0 Å². The van der Waals surface area contributed by atoms with E-state index in [2.05, 4.69) is 10.6 Å². The lowest BCUT2D eigenvalue weighted by Crippen LogP contribution is -2.44. The molecular weight excluding hydrogens is 362 g/mol. The molecule has 0 aromatic carbocycles. The van der Waals surface area contributed by atoms with Gasteiger partial charge in [0.1, 0.15) is 18.1 Å². The number of nitrogens with one attached hydrogen (secondary N) is 2. The molecule has 7 N–H and O–H groups in total. The number of hydrogen-bond acceptors (Lipinski definition) is 6. The maximum atomic E-state index is 11.9. The second-order valence-electron chi connectivity index (χ2n) is 6.57. The van der Waals surface area contributed by atoms with Crippen LogP contribution >= 0.6 is 0 Å². The third kappa shape index (κ3) is 10.8. The van der Waals surface area contributed by atoms with Crippen molar-refractivity contribution in [3.8, 4) is 0 Å². The van der Waals surface area contributed by atoms with E-state index in [9.17, 15) is 24.0 Å². The molecule has 0 bridgehead atoms. The van der Waals surface area contributed by atoms with Crippen molar-refractivity contribution in [3.05, 3.63) is 0 Å². The minimum atomic E-state index is -1.37. The van der Waals surface area contributed by atoms with Crippen molar-refractivity contribution in [2.45, 2.75) is 64.1 Å². The zero-order valence-electron chi connectivity index (χ0n) is 15.3. The van der Waals surface area contributed by atoms with Gasteiger partial charge in [-0.3, -0.25) is 14.4 Å². The fraction of sp³-hybridized carbons (Fsp3) is 0.688. The molecule has 27 heavy (non-hydrogen) atoms. The number of carboxylic acid groups (broad SMARTS) is 3. The third-order valence-corrected chi connectivity index (χ3v) is 3.63. The molecule has 0 radical (unpaired) electrons. The number of carbonyl (C=O) groups excluding carboxylic acids is 2. The van der Waals surface area contributed by atoms with Crippen LogP contribution in [0, 0.1) is 5.92 Å². The first kappa shape index (κ1) is 24.3. The Kier molecular flexibility index (Phi) is 10.7. The first-order valence-corrected chi connectivity index (χ1v) is 8.46. The van der Waals surface area contributed by atoms with Gasteiger partial charge in [0.2, 0.25) is 11.8 Å². The van der Waals surface area contributed by atoms with Crippen LogP contribution < -0.4 is 16.4 Å². The number of rotatable bonds is 13. The molecular formula is C16H27N3O8. The standard InChI is InChI=1S/C16H27N3O8/c1-8(2)7-11(16(26)27)19-13(21)6-4-10(15(24)25)18-12(20)5-3-9(17)14(22)23/h8-11H,3-7,17H2,1-2H3,(H,18,20)(H,19,21)(H,22,23)(H,24,25)(H,26,27)/t9-,10-,11-/m0/s1. The zero-order chi connectivity index (χ0) is 21.1. The Labute approximate surface area is 156 Å². The van der Waals surface area contributed by atoms with E-state index in [0.717, 1.165) is 0 Å². The number of hydrogen-bond donors (Lipinski definition) is 6. The van der Waals surface area contributed by atoms with Crippen LogP contribution in [-0.2, 0) is 24.0 Å². The number of carboxylic acids is 3. The highest BCUT2D eigenvalue weighted by Gasteiger charge is 2.24. The number of nitrogens with two attached hydrogens (primary N) is 1. The van der Waals surface area contributed by atoms with E-state index in [1.165, 1.54) is 0 Å². The summed E-state index contributed by atoms with van der Waals surface area (Å²) in [6, 6.07) is -3.68. The van der Waals surface area contributed by atoms with Crippen LogP contribution in [0.4, 0.5) is 0 Å². The molecule has 0 rings (SSSR count). The molecule has 154 valence electrons. The van der Waals surface area contributed by atoms with E-state index in [4.69, 9.17) is 21.1 Å². The van der Waals surface area contributed by atoms with Crippen molar-refractivity contribution in [3.63, 3.8) is 0 Å². The summed E-state index contributed by atoms with van der Waals surface area (Å²) >= 11 is 0. The van der Waals surface area contributed by atoms with Crippen LogP contribution in [0.5, 0.6) is 0 Å². The highest BCUT2D eigenvalue weighted by atomic mass is 16.4. The summed E-state index contributed by atoms with van der Waals surface area (Å²) in [5.74, 6) is -5.14. The smallest absolute Gasteiger partial charge is 0.326 e. The molecule has 0 saturated heterocycles. The number of amides is 2. The minimum absolute atomic E-state index is 0.0367. The molecule has 11 nitrogen and oxygen atoms in total. The van der Waals surface area contributed by atoms with Gasteiger partial charge in [-0.15, -0.1) is 0 Å². The van der Waals surface area contributed by atoms with Gasteiger partial charge in [-0.25, -0.2) is 9.59 Å². The molecule has 0 aliphatic rings. The summed E-state index contributed by atoms with van der Waals surface area (Å²) in [5.41, 5.74) is 5.26. The quantitative estimate of drug-likeness (QED) is 0.232. The molecule has 0 aliphatic carbocycles. The van der Waals surface area contributed by atoms with Crippen molar-refractivity contribution >= 4 is 29.7 Å². The Bertz CT molecular complexity index is 564. The van der Waals surface area contributed by atoms with Gasteiger partial charge < -0.3 is 31.7 Å². The highest BCUT2D eigenvalue weighted by Crippen LogP contribution is 2.07. The Morgan fingerprint density at radius 1 is 0.778 bits per heavy atom. The second-order valence-corrected chi connectivity index (χ2v) is 6.57. The average Bonchev–Trinajstić information content (AvgIpc) is 2.54. The van der Waals surface area contributed by atoms with Gasteiger partial charge in [-0.05, 0) is 25.2 Å². The Morgan fingerprint density at radius 2 is 1.22 bits per heavy atom. The van der Waals surface area contributed by atoms with E-state index in [1.54, 1.807) is 13.8 Å². The predicted octanol–water partition coefficient (Wildman–Crippen LogP) is -0.856. The van der Waals surface area contributed by atoms with Gasteiger partial charge in [-0.1, -0.05) is 13.8 Å². The van der Waals surface area contributed by atoms with Crippen LogP contribution in [-0.4, -0.2) is 63.2 Å². The zero-order valence-corrected chi connectivity index (χ0v) is 15.3. The minimum Gasteiger partial charge on any atom is -0.480 e. The molecule has 0 aromatic rings. The fourth-order valence-electron chi connectivity index (χ4n) is 2.17. The molecule has 0 spiro atoms. The van der Waals surface area contributed by atoms with Crippen LogP contribution in [0.25, 0.3) is 0 Å². The van der Waals surface area contributed by atoms with Gasteiger partial charge in [0, 0.05) is 12.8 Å². The Hall–Kier alpha value is -2.69. The predicted molar refractivity (Wildman–Crippen MR) is 92.7 cm³/mol. The van der Waals surface area contributed by atoms with Crippen molar-refractivity contribution in [2.75, 3.05) is 0 Å². The monoisotopic (exact) mass is 389 g/mol. The van der Waals surface area contributed by atoms with Crippen LogP contribution in [0.15, 0.2) is 0 Å². The number of aliphatic carboxylic acids is 3. The van der Waals surface area contributed by atoms with E-state index in [0.29, 0.717) is 0 Å². The lowest BCUT2D eigenvalue weighted by atomic mass is 10.0. The molecule has 0 fully saturated rings. The summed E-state index contributed by atoms with van der Waals surface area (Å²) in [6.45, 7) is 3.60. The van der Waals surface area contributed by atoms with Crippen LogP contribution in [0.3, 0.4) is 0 Å². The fourth-order valence-corrected chi connectivity index (χ4v) is 2.17. The average molecular weight is 389 g/mol. The molecule has 0 heterocycles. The largest absolute Gasteiger partial charge is 0.480 e. The van der Waals surface area contributed by atoms with Gasteiger partial charge in [0.25, 0.3) is 0 Å².